The molecular weight excluding hydrogens is 428 g/mol. The van der Waals surface area contributed by atoms with Crippen LogP contribution in [0.3, 0.4) is 0 Å². The third-order valence-corrected chi connectivity index (χ3v) is 5.16. The topological polar surface area (TPSA) is 121 Å². The summed E-state index contributed by atoms with van der Waals surface area (Å²) in [6.07, 6.45) is -1.17. The Balaban J connectivity index is 1.68. The average molecular weight is 449 g/mol. The zero-order chi connectivity index (χ0) is 22.8. The van der Waals surface area contributed by atoms with Crippen LogP contribution >= 0.6 is 0 Å². The number of fused-ring (bicyclic) bond motifs is 3. The van der Waals surface area contributed by atoms with Crippen LogP contribution in [-0.2, 0) is 25.6 Å². The second-order valence-corrected chi connectivity index (χ2v) is 7.22. The van der Waals surface area contributed by atoms with Gasteiger partial charge >= 0.3 is 0 Å². The quantitative estimate of drug-likeness (QED) is 0.601. The maximum atomic E-state index is 13.5. The molecule has 12 heteroatoms. The smallest absolute Gasteiger partial charge is 0.284 e. The number of methoxy groups -OCH3 is 1. The van der Waals surface area contributed by atoms with Crippen molar-refractivity contribution in [3.8, 4) is 17.1 Å². The lowest BCUT2D eigenvalue weighted by molar-refractivity contribution is -0.119. The number of benzene rings is 1. The van der Waals surface area contributed by atoms with Gasteiger partial charge in [0.05, 0.1) is 18.7 Å². The number of hydrogen-bond donors (Lipinski definition) is 2. The van der Waals surface area contributed by atoms with Gasteiger partial charge in [-0.3, -0.25) is 9.69 Å². The van der Waals surface area contributed by atoms with Gasteiger partial charge in [-0.25, -0.2) is 18.6 Å². The van der Waals surface area contributed by atoms with Gasteiger partial charge in [0, 0.05) is 25.1 Å². The number of carbonyl (C=O) groups excluding carboxylic acids is 2. The molecule has 32 heavy (non-hydrogen) atoms. The number of ether oxygens (including phenoxy) is 3. The molecule has 0 radical (unpaired) electrons. The molecule has 1 fully saturated rings. The number of hydrogen-bond acceptors (Lipinski definition) is 8. The molecule has 1 aromatic carbocycles. The zero-order valence-electron chi connectivity index (χ0n) is 17.1. The number of amides is 1. The Morgan fingerprint density at radius 3 is 2.94 bits per heavy atom. The molecule has 1 amide bonds. The fourth-order valence-electron chi connectivity index (χ4n) is 3.63. The SMILES string of the molecule is COC[C@H](Nc1ccc2c(c1)OCCn1cc(N3C(=C=O)OC[C@H]3C(F)F)nc1-2)C(N)=O. The largest absolute Gasteiger partial charge is 0.491 e. The predicted molar refractivity (Wildman–Crippen MR) is 109 cm³/mol. The van der Waals surface area contributed by atoms with Crippen LogP contribution < -0.4 is 20.7 Å². The first kappa shape index (κ1) is 21.6. The van der Waals surface area contributed by atoms with Crippen LogP contribution in [0, 0.1) is 0 Å². The van der Waals surface area contributed by atoms with Gasteiger partial charge in [-0.15, -0.1) is 0 Å². The summed E-state index contributed by atoms with van der Waals surface area (Å²) >= 11 is 0. The van der Waals surface area contributed by atoms with E-state index in [0.29, 0.717) is 36.0 Å². The highest BCUT2D eigenvalue weighted by Gasteiger charge is 2.40. The van der Waals surface area contributed by atoms with Crippen molar-refractivity contribution >= 4 is 23.4 Å². The summed E-state index contributed by atoms with van der Waals surface area (Å²) in [7, 11) is 1.46. The van der Waals surface area contributed by atoms with Gasteiger partial charge in [-0.05, 0) is 12.1 Å². The maximum absolute atomic E-state index is 13.5. The number of anilines is 2. The van der Waals surface area contributed by atoms with Crippen LogP contribution in [0.5, 0.6) is 5.75 Å². The van der Waals surface area contributed by atoms with Crippen LogP contribution in [0.1, 0.15) is 0 Å². The van der Waals surface area contributed by atoms with E-state index in [1.165, 1.54) is 7.11 Å². The molecule has 1 aromatic heterocycles. The van der Waals surface area contributed by atoms with Crippen molar-refractivity contribution in [2.75, 3.05) is 37.1 Å². The monoisotopic (exact) mass is 449 g/mol. The van der Waals surface area contributed by atoms with E-state index in [1.54, 1.807) is 34.9 Å². The standard InChI is InChI=1S/C20H21F2N5O5/c1-30-9-13(19(23)29)24-11-2-3-12-15(6-11)31-5-4-26-7-16(25-20(12)26)27-14(18(21)22)10-32-17(27)8-28/h2-3,6-7,13-14,18,24H,4-5,9-10H2,1H3,(H2,23,29)/t13-,14-/m0/s1. The van der Waals surface area contributed by atoms with Crippen molar-refractivity contribution in [1.82, 2.24) is 9.55 Å². The number of halogens is 2. The molecule has 0 saturated carbocycles. The number of nitrogens with two attached hydrogens (primary N) is 1. The zero-order valence-corrected chi connectivity index (χ0v) is 17.1. The number of imidazole rings is 1. The van der Waals surface area contributed by atoms with Gasteiger partial charge < -0.3 is 29.8 Å². The highest BCUT2D eigenvalue weighted by molar-refractivity contribution is 5.83. The molecule has 2 atom stereocenters. The summed E-state index contributed by atoms with van der Waals surface area (Å²) < 4.78 is 44.6. The third-order valence-electron chi connectivity index (χ3n) is 5.16. The van der Waals surface area contributed by atoms with Crippen LogP contribution in [0.4, 0.5) is 20.3 Å². The third kappa shape index (κ3) is 3.97. The Bertz CT molecular complexity index is 1070. The molecule has 0 unspecified atom stereocenters. The van der Waals surface area contributed by atoms with E-state index in [0.717, 1.165) is 4.90 Å². The van der Waals surface area contributed by atoms with Crippen molar-refractivity contribution in [3.05, 3.63) is 30.3 Å². The van der Waals surface area contributed by atoms with E-state index in [1.807, 2.05) is 0 Å². The van der Waals surface area contributed by atoms with Gasteiger partial charge in [-0.1, -0.05) is 0 Å². The Kier molecular flexibility index (Phi) is 5.97. The minimum Gasteiger partial charge on any atom is -0.491 e. The molecule has 2 aliphatic heterocycles. The molecule has 3 N–H and O–H groups in total. The second kappa shape index (κ2) is 8.85. The summed E-state index contributed by atoms with van der Waals surface area (Å²) in [6, 6.07) is 3.09. The number of carbonyl (C=O) groups is 1. The lowest BCUT2D eigenvalue weighted by atomic mass is 10.1. The van der Waals surface area contributed by atoms with Gasteiger partial charge in [0.15, 0.2) is 11.8 Å². The minimum atomic E-state index is -2.74. The lowest BCUT2D eigenvalue weighted by Gasteiger charge is -2.19. The first-order valence-electron chi connectivity index (χ1n) is 9.77. The van der Waals surface area contributed by atoms with Crippen LogP contribution in [0.15, 0.2) is 30.3 Å². The number of alkyl halides is 2. The number of aromatic nitrogens is 2. The summed E-state index contributed by atoms with van der Waals surface area (Å²) in [5.74, 6) is 1.79. The van der Waals surface area contributed by atoms with Gasteiger partial charge in [0.25, 0.3) is 12.3 Å². The summed E-state index contributed by atoms with van der Waals surface area (Å²) in [5, 5.41) is 2.99. The molecule has 0 spiro atoms. The maximum Gasteiger partial charge on any atom is 0.284 e. The van der Waals surface area contributed by atoms with Crippen LogP contribution in [-0.4, -0.2) is 66.8 Å². The Morgan fingerprint density at radius 2 is 2.25 bits per heavy atom. The van der Waals surface area contributed by atoms with Gasteiger partial charge in [0.1, 0.15) is 36.9 Å². The molecule has 4 rings (SSSR count). The molecule has 170 valence electrons. The first-order chi connectivity index (χ1) is 15.4. The number of nitrogens with one attached hydrogen (secondary N) is 1. The Hall–Kier alpha value is -3.63. The first-order valence-corrected chi connectivity index (χ1v) is 9.77. The average Bonchev–Trinajstić information content (AvgIpc) is 3.34. The molecule has 2 aromatic rings. The molecule has 0 aliphatic carbocycles. The molecule has 10 nitrogen and oxygen atoms in total. The van der Waals surface area contributed by atoms with Crippen LogP contribution in [0.25, 0.3) is 11.4 Å². The van der Waals surface area contributed by atoms with E-state index in [9.17, 15) is 18.4 Å². The minimum absolute atomic E-state index is 0.0941. The fourth-order valence-corrected chi connectivity index (χ4v) is 3.63. The Morgan fingerprint density at radius 1 is 1.44 bits per heavy atom. The van der Waals surface area contributed by atoms with Crippen molar-refractivity contribution in [2.45, 2.75) is 25.1 Å². The van der Waals surface area contributed by atoms with E-state index in [2.05, 4.69) is 10.3 Å². The van der Waals surface area contributed by atoms with Crippen molar-refractivity contribution < 1.29 is 32.6 Å². The van der Waals surface area contributed by atoms with E-state index in [-0.39, 0.29) is 24.9 Å². The summed E-state index contributed by atoms with van der Waals surface area (Å²) in [4.78, 5) is 28.4. The molecule has 0 bridgehead atoms. The van der Waals surface area contributed by atoms with E-state index in [4.69, 9.17) is 19.9 Å². The van der Waals surface area contributed by atoms with Crippen molar-refractivity contribution in [3.63, 3.8) is 0 Å². The van der Waals surface area contributed by atoms with Crippen LogP contribution in [0.2, 0.25) is 0 Å². The highest BCUT2D eigenvalue weighted by Crippen LogP contribution is 2.37. The van der Waals surface area contributed by atoms with Crippen molar-refractivity contribution in [1.29, 1.82) is 0 Å². The summed E-state index contributed by atoms with van der Waals surface area (Å²) in [5.41, 5.74) is 6.59. The predicted octanol–water partition coefficient (Wildman–Crippen LogP) is 0.998. The van der Waals surface area contributed by atoms with Crippen molar-refractivity contribution in [2.24, 2.45) is 5.73 Å². The second-order valence-electron chi connectivity index (χ2n) is 7.22. The Labute approximate surface area is 181 Å². The van der Waals surface area contributed by atoms with Gasteiger partial charge in [0.2, 0.25) is 5.91 Å². The normalized spacial score (nSPS) is 18.2. The molecule has 2 aliphatic rings. The number of nitrogens with zero attached hydrogens (tertiary/aromatic N) is 3. The van der Waals surface area contributed by atoms with Gasteiger partial charge in [-0.2, -0.15) is 0 Å². The van der Waals surface area contributed by atoms with E-state index >= 15 is 0 Å². The summed E-state index contributed by atoms with van der Waals surface area (Å²) in [6.45, 7) is 0.460. The molecule has 1 saturated heterocycles. The highest BCUT2D eigenvalue weighted by atomic mass is 19.3. The number of rotatable bonds is 7. The fraction of sp³-hybridized carbons (Fsp3) is 0.400. The molecule has 3 heterocycles. The number of primary amides is 1. The van der Waals surface area contributed by atoms with E-state index < -0.39 is 24.4 Å². The lowest BCUT2D eigenvalue weighted by Crippen LogP contribution is -2.38. The molecular formula is C20H21F2N5O5.